The van der Waals surface area contributed by atoms with E-state index in [0.717, 1.165) is 10.7 Å². The molecule has 0 aliphatic heterocycles. The van der Waals surface area contributed by atoms with E-state index in [0.29, 0.717) is 5.75 Å². The van der Waals surface area contributed by atoms with Gasteiger partial charge in [-0.3, -0.25) is 9.48 Å². The molecule has 0 saturated heterocycles. The summed E-state index contributed by atoms with van der Waals surface area (Å²) in [7, 11) is 3.24. The fraction of sp³-hybridized carbons (Fsp3) is 0.500. The first kappa shape index (κ1) is 10.1. The molecule has 0 bridgehead atoms. The van der Waals surface area contributed by atoms with Crippen molar-refractivity contribution in [2.24, 2.45) is 7.05 Å². The van der Waals surface area contributed by atoms with Crippen LogP contribution in [-0.2, 0) is 16.6 Å². The molecule has 0 spiro atoms. The summed E-state index contributed by atoms with van der Waals surface area (Å²) in [5.74, 6) is 0.110. The minimum Gasteiger partial charge on any atom is -0.468 e. The Morgan fingerprint density at radius 3 is 2.92 bits per heavy atom. The average Bonchev–Trinajstić information content (AvgIpc) is 2.41. The summed E-state index contributed by atoms with van der Waals surface area (Å²) in [6, 6.07) is 1.94. The third-order valence-corrected chi connectivity index (χ3v) is 2.58. The highest BCUT2D eigenvalue weighted by atomic mass is 32.2. The Morgan fingerprint density at radius 1 is 1.77 bits per heavy atom. The Labute approximate surface area is 81.3 Å². The van der Waals surface area contributed by atoms with Crippen LogP contribution >= 0.6 is 11.8 Å². The van der Waals surface area contributed by atoms with Crippen LogP contribution in [0.1, 0.15) is 5.69 Å². The lowest BCUT2D eigenvalue weighted by Crippen LogP contribution is -2.04. The molecule has 0 fully saturated rings. The van der Waals surface area contributed by atoms with Crippen LogP contribution in [0, 0.1) is 6.92 Å². The van der Waals surface area contributed by atoms with Crippen molar-refractivity contribution < 1.29 is 9.53 Å². The van der Waals surface area contributed by atoms with E-state index in [2.05, 4.69) is 9.84 Å². The van der Waals surface area contributed by atoms with Crippen molar-refractivity contribution in [1.82, 2.24) is 9.78 Å². The van der Waals surface area contributed by atoms with Gasteiger partial charge < -0.3 is 4.74 Å². The second kappa shape index (κ2) is 4.32. The van der Waals surface area contributed by atoms with Crippen molar-refractivity contribution in [3.8, 4) is 0 Å². The molecule has 4 nitrogen and oxygen atoms in total. The molecular weight excluding hydrogens is 188 g/mol. The van der Waals surface area contributed by atoms with Crippen molar-refractivity contribution in [2.75, 3.05) is 12.9 Å². The Hall–Kier alpha value is -0.970. The summed E-state index contributed by atoms with van der Waals surface area (Å²) in [4.78, 5) is 10.8. The first-order chi connectivity index (χ1) is 6.13. The molecule has 1 aromatic heterocycles. The van der Waals surface area contributed by atoms with Crippen LogP contribution in [0.4, 0.5) is 0 Å². The third kappa shape index (κ3) is 2.77. The number of ether oxygens (including phenoxy) is 1. The second-order valence-electron chi connectivity index (χ2n) is 2.61. The number of rotatable bonds is 3. The minimum absolute atomic E-state index is 0.219. The quantitative estimate of drug-likeness (QED) is 0.539. The highest BCUT2D eigenvalue weighted by Gasteiger charge is 2.06. The van der Waals surface area contributed by atoms with Crippen molar-refractivity contribution >= 4 is 17.7 Å². The molecule has 1 heterocycles. The number of thioether (sulfide) groups is 1. The van der Waals surface area contributed by atoms with Crippen molar-refractivity contribution in [3.63, 3.8) is 0 Å². The number of esters is 1. The topological polar surface area (TPSA) is 44.1 Å². The van der Waals surface area contributed by atoms with Gasteiger partial charge in [0.2, 0.25) is 0 Å². The molecule has 0 saturated carbocycles. The summed E-state index contributed by atoms with van der Waals surface area (Å²) in [5.41, 5.74) is 0.954. The zero-order chi connectivity index (χ0) is 9.84. The van der Waals surface area contributed by atoms with E-state index in [1.165, 1.54) is 18.9 Å². The van der Waals surface area contributed by atoms with Gasteiger partial charge in [-0.2, -0.15) is 5.10 Å². The number of carbonyl (C=O) groups excluding carboxylic acids is 1. The molecule has 0 aromatic carbocycles. The lowest BCUT2D eigenvalue weighted by Gasteiger charge is -1.99. The zero-order valence-corrected chi connectivity index (χ0v) is 8.72. The van der Waals surface area contributed by atoms with Gasteiger partial charge in [-0.05, 0) is 13.0 Å². The molecule has 0 radical (unpaired) electrons. The number of hydrogen-bond acceptors (Lipinski definition) is 4. The Balaban J connectivity index is 2.54. The fourth-order valence-corrected chi connectivity index (χ4v) is 1.78. The summed E-state index contributed by atoms with van der Waals surface area (Å²) < 4.78 is 6.28. The Kier molecular flexibility index (Phi) is 3.36. The third-order valence-electron chi connectivity index (χ3n) is 1.52. The maximum atomic E-state index is 10.8. The van der Waals surface area contributed by atoms with Crippen LogP contribution < -0.4 is 0 Å². The van der Waals surface area contributed by atoms with E-state index < -0.39 is 0 Å². The van der Waals surface area contributed by atoms with Gasteiger partial charge in [0.15, 0.2) is 0 Å². The average molecular weight is 200 g/mol. The van der Waals surface area contributed by atoms with Crippen LogP contribution in [0.25, 0.3) is 0 Å². The summed E-state index contributed by atoms with van der Waals surface area (Å²) in [6.45, 7) is 1.92. The van der Waals surface area contributed by atoms with Crippen LogP contribution in [0.5, 0.6) is 0 Å². The number of aromatic nitrogens is 2. The van der Waals surface area contributed by atoms with E-state index >= 15 is 0 Å². The lowest BCUT2D eigenvalue weighted by atomic mass is 10.5. The number of carbonyl (C=O) groups is 1. The van der Waals surface area contributed by atoms with Gasteiger partial charge in [-0.1, -0.05) is 11.8 Å². The number of hydrogen-bond donors (Lipinski definition) is 0. The Bertz CT molecular complexity index is 309. The van der Waals surface area contributed by atoms with Crippen molar-refractivity contribution in [3.05, 3.63) is 11.8 Å². The maximum absolute atomic E-state index is 10.8. The Morgan fingerprint density at radius 2 is 2.46 bits per heavy atom. The summed E-state index contributed by atoms with van der Waals surface area (Å²) in [6.07, 6.45) is 0. The molecule has 0 aliphatic rings. The lowest BCUT2D eigenvalue weighted by molar-refractivity contribution is -0.137. The van der Waals surface area contributed by atoms with Crippen LogP contribution in [0.3, 0.4) is 0 Å². The van der Waals surface area contributed by atoms with E-state index in [1.54, 1.807) is 4.68 Å². The van der Waals surface area contributed by atoms with Gasteiger partial charge in [0.1, 0.15) is 0 Å². The number of nitrogens with zero attached hydrogens (tertiary/aromatic N) is 2. The van der Waals surface area contributed by atoms with Crippen LogP contribution in [0.2, 0.25) is 0 Å². The van der Waals surface area contributed by atoms with E-state index in [9.17, 15) is 4.79 Å². The highest BCUT2D eigenvalue weighted by molar-refractivity contribution is 7.99. The molecule has 72 valence electrons. The van der Waals surface area contributed by atoms with Gasteiger partial charge in [0.05, 0.1) is 23.6 Å². The number of aryl methyl sites for hydroxylation is 2. The minimum atomic E-state index is -0.219. The molecule has 0 unspecified atom stereocenters. The first-order valence-electron chi connectivity index (χ1n) is 3.83. The standard InChI is InChI=1S/C8H12N2O2S/c1-6-4-7(10(2)9-6)13-5-8(11)12-3/h4H,5H2,1-3H3. The fourth-order valence-electron chi connectivity index (χ4n) is 0.914. The molecular formula is C8H12N2O2S. The molecule has 0 atom stereocenters. The van der Waals surface area contributed by atoms with E-state index in [-0.39, 0.29) is 5.97 Å². The van der Waals surface area contributed by atoms with Crippen molar-refractivity contribution in [1.29, 1.82) is 0 Å². The zero-order valence-electron chi connectivity index (χ0n) is 7.90. The molecule has 0 aliphatic carbocycles. The number of methoxy groups -OCH3 is 1. The normalized spacial score (nSPS) is 10.1. The molecule has 0 N–H and O–H groups in total. The van der Waals surface area contributed by atoms with Gasteiger partial charge in [-0.25, -0.2) is 0 Å². The maximum Gasteiger partial charge on any atom is 0.316 e. The molecule has 13 heavy (non-hydrogen) atoms. The van der Waals surface area contributed by atoms with Crippen molar-refractivity contribution in [2.45, 2.75) is 11.9 Å². The van der Waals surface area contributed by atoms with Crippen LogP contribution in [-0.4, -0.2) is 28.6 Å². The van der Waals surface area contributed by atoms with Gasteiger partial charge in [-0.15, -0.1) is 0 Å². The van der Waals surface area contributed by atoms with Gasteiger partial charge >= 0.3 is 5.97 Å². The largest absolute Gasteiger partial charge is 0.468 e. The summed E-state index contributed by atoms with van der Waals surface area (Å²) in [5, 5.41) is 5.13. The van der Waals surface area contributed by atoms with Gasteiger partial charge in [0, 0.05) is 7.05 Å². The molecule has 0 amide bonds. The predicted molar refractivity (Wildman–Crippen MR) is 50.7 cm³/mol. The SMILES string of the molecule is COC(=O)CSc1cc(C)nn1C. The van der Waals surface area contributed by atoms with Crippen LogP contribution in [0.15, 0.2) is 11.1 Å². The van der Waals surface area contributed by atoms with E-state index in [4.69, 9.17) is 0 Å². The molecule has 1 rings (SSSR count). The highest BCUT2D eigenvalue weighted by Crippen LogP contribution is 2.17. The first-order valence-corrected chi connectivity index (χ1v) is 4.82. The molecule has 1 aromatic rings. The second-order valence-corrected chi connectivity index (χ2v) is 3.61. The smallest absolute Gasteiger partial charge is 0.316 e. The van der Waals surface area contributed by atoms with Gasteiger partial charge in [0.25, 0.3) is 0 Å². The monoisotopic (exact) mass is 200 g/mol. The summed E-state index contributed by atoms with van der Waals surface area (Å²) >= 11 is 1.43. The van der Waals surface area contributed by atoms with E-state index in [1.807, 2.05) is 20.0 Å². The molecule has 5 heteroatoms. The predicted octanol–water partition coefficient (Wildman–Crippen LogP) is 0.994.